The van der Waals surface area contributed by atoms with Crippen LogP contribution in [0.4, 0.5) is 13.2 Å². The van der Waals surface area contributed by atoms with E-state index in [0.29, 0.717) is 31.2 Å². The second-order valence-corrected chi connectivity index (χ2v) is 13.0. The van der Waals surface area contributed by atoms with Gasteiger partial charge in [-0.15, -0.1) is 0 Å². The lowest BCUT2D eigenvalue weighted by Gasteiger charge is -2.28. The first-order valence-corrected chi connectivity index (χ1v) is 13.6. The van der Waals surface area contributed by atoms with Crippen molar-refractivity contribution in [3.05, 3.63) is 29.3 Å². The lowest BCUT2D eigenvalue weighted by molar-refractivity contribution is -0.142. The number of nitrogens with zero attached hydrogens (tertiary/aromatic N) is 1. The number of sulfone groups is 1. The van der Waals surface area contributed by atoms with E-state index in [9.17, 15) is 31.2 Å². The van der Waals surface area contributed by atoms with Gasteiger partial charge in [0.2, 0.25) is 11.8 Å². The molecule has 4 aliphatic rings. The SMILES string of the molecule is CNC1(NC(=O)[C@@H]2CC(S(=O)(=O)c3ccc(C4CC4)cc3C(F)(F)F)CN2C(=O)C2(C)CC2)CC1. The summed E-state index contributed by atoms with van der Waals surface area (Å²) < 4.78 is 69.0. The average Bonchev–Trinajstić information content (AvgIpc) is 3.71. The molecule has 2 atom stereocenters. The number of alkyl halides is 3. The molecule has 4 fully saturated rings. The maximum atomic E-state index is 13.9. The largest absolute Gasteiger partial charge is 0.417 e. The van der Waals surface area contributed by atoms with Crippen LogP contribution in [0.15, 0.2) is 23.1 Å². The Morgan fingerprint density at radius 1 is 1.11 bits per heavy atom. The number of halogens is 3. The number of nitrogens with one attached hydrogen (secondary N) is 2. The van der Waals surface area contributed by atoms with Crippen LogP contribution in [-0.2, 0) is 25.6 Å². The molecule has 1 aromatic carbocycles. The lowest BCUT2D eigenvalue weighted by atomic mass is 10.1. The van der Waals surface area contributed by atoms with Crippen LogP contribution in [-0.4, -0.2) is 55.7 Å². The minimum atomic E-state index is -4.84. The standard InChI is InChI=1S/C24H30F3N3O4S/c1-22(7-8-22)21(32)30-13-16(12-18(30)20(31)29-23(28-2)9-10-23)35(33,34)19-6-5-15(14-3-4-14)11-17(19)24(25,26)27/h5-6,11,14,16,18,28H,3-4,7-10,12-13H2,1-2H3,(H,29,31)/t16?,18-/m0/s1. The van der Waals surface area contributed by atoms with Gasteiger partial charge in [-0.25, -0.2) is 8.42 Å². The molecule has 0 spiro atoms. The number of rotatable bonds is 7. The molecule has 3 aliphatic carbocycles. The zero-order valence-corrected chi connectivity index (χ0v) is 20.6. The second kappa shape index (κ2) is 7.93. The topological polar surface area (TPSA) is 95.6 Å². The summed E-state index contributed by atoms with van der Waals surface area (Å²) in [6.45, 7) is 1.46. The smallest absolute Gasteiger partial charge is 0.336 e. The molecule has 2 N–H and O–H groups in total. The molecule has 2 amide bonds. The Labute approximate surface area is 202 Å². The van der Waals surface area contributed by atoms with Gasteiger partial charge in [-0.1, -0.05) is 13.0 Å². The fourth-order valence-electron chi connectivity index (χ4n) is 4.99. The highest BCUT2D eigenvalue weighted by molar-refractivity contribution is 7.92. The van der Waals surface area contributed by atoms with E-state index in [1.807, 2.05) is 0 Å². The van der Waals surface area contributed by atoms with Gasteiger partial charge >= 0.3 is 6.18 Å². The molecule has 7 nitrogen and oxygen atoms in total. The van der Waals surface area contributed by atoms with Crippen LogP contribution in [0.2, 0.25) is 0 Å². The van der Waals surface area contributed by atoms with Gasteiger partial charge in [0.1, 0.15) is 6.04 Å². The highest BCUT2D eigenvalue weighted by Crippen LogP contribution is 2.49. The van der Waals surface area contributed by atoms with E-state index in [1.165, 1.54) is 11.0 Å². The summed E-state index contributed by atoms with van der Waals surface area (Å²) in [4.78, 5) is 26.9. The van der Waals surface area contributed by atoms with E-state index < -0.39 is 54.7 Å². The monoisotopic (exact) mass is 513 g/mol. The molecule has 3 saturated carbocycles. The molecule has 5 rings (SSSR count). The van der Waals surface area contributed by atoms with Gasteiger partial charge in [0.25, 0.3) is 0 Å². The Hall–Kier alpha value is -2.14. The molecule has 1 heterocycles. The van der Waals surface area contributed by atoms with Crippen LogP contribution in [0.25, 0.3) is 0 Å². The van der Waals surface area contributed by atoms with Crippen LogP contribution < -0.4 is 10.6 Å². The molecule has 0 radical (unpaired) electrons. The number of hydrogen-bond donors (Lipinski definition) is 2. The zero-order chi connectivity index (χ0) is 25.4. The molecular formula is C24H30F3N3O4S. The van der Waals surface area contributed by atoms with Crippen molar-refractivity contribution >= 4 is 21.7 Å². The Morgan fingerprint density at radius 3 is 2.29 bits per heavy atom. The Balaban J connectivity index is 1.47. The number of carbonyl (C=O) groups excluding carboxylic acids is 2. The fraction of sp³-hybridized carbons (Fsp3) is 0.667. The Morgan fingerprint density at radius 2 is 1.77 bits per heavy atom. The van der Waals surface area contributed by atoms with Gasteiger partial charge in [-0.2, -0.15) is 13.2 Å². The van der Waals surface area contributed by atoms with Gasteiger partial charge in [0.05, 0.1) is 21.4 Å². The summed E-state index contributed by atoms with van der Waals surface area (Å²) in [5.41, 5.74) is -1.91. The van der Waals surface area contributed by atoms with Crippen molar-refractivity contribution in [1.29, 1.82) is 0 Å². The van der Waals surface area contributed by atoms with Crippen molar-refractivity contribution in [2.45, 2.75) is 85.8 Å². The van der Waals surface area contributed by atoms with Gasteiger partial charge in [-0.3, -0.25) is 14.9 Å². The van der Waals surface area contributed by atoms with E-state index in [4.69, 9.17) is 0 Å². The first kappa shape index (κ1) is 24.5. The highest BCUT2D eigenvalue weighted by Gasteiger charge is 2.55. The summed E-state index contributed by atoms with van der Waals surface area (Å²) in [5, 5.41) is 4.59. The van der Waals surface area contributed by atoms with Crippen LogP contribution >= 0.6 is 0 Å². The van der Waals surface area contributed by atoms with E-state index >= 15 is 0 Å². The van der Waals surface area contributed by atoms with Crippen LogP contribution in [0.3, 0.4) is 0 Å². The number of amides is 2. The van der Waals surface area contributed by atoms with Gasteiger partial charge < -0.3 is 10.2 Å². The molecule has 0 bridgehead atoms. The van der Waals surface area contributed by atoms with Crippen LogP contribution in [0, 0.1) is 5.41 Å². The minimum absolute atomic E-state index is 0.0294. The first-order valence-electron chi connectivity index (χ1n) is 12.1. The third-order valence-electron chi connectivity index (χ3n) is 8.04. The lowest BCUT2D eigenvalue weighted by Crippen LogP contribution is -2.54. The predicted octanol–water partition coefficient (Wildman–Crippen LogP) is 2.95. The van der Waals surface area contributed by atoms with Crippen molar-refractivity contribution in [2.24, 2.45) is 5.41 Å². The normalized spacial score (nSPS) is 26.9. The molecule has 1 aromatic rings. The van der Waals surface area contributed by atoms with E-state index in [-0.39, 0.29) is 24.8 Å². The number of benzene rings is 1. The van der Waals surface area contributed by atoms with Gasteiger partial charge in [-0.05, 0) is 75.6 Å². The number of likely N-dealkylation sites (tertiary alicyclic amines) is 1. The van der Waals surface area contributed by atoms with Crippen molar-refractivity contribution < 1.29 is 31.2 Å². The third-order valence-corrected chi connectivity index (χ3v) is 10.2. The van der Waals surface area contributed by atoms with E-state index in [0.717, 1.165) is 25.0 Å². The summed E-state index contributed by atoms with van der Waals surface area (Å²) in [7, 11) is -2.77. The van der Waals surface area contributed by atoms with Gasteiger partial charge in [0, 0.05) is 12.0 Å². The predicted molar refractivity (Wildman–Crippen MR) is 121 cm³/mol. The van der Waals surface area contributed by atoms with Crippen LogP contribution in [0.1, 0.15) is 68.9 Å². The Bertz CT molecular complexity index is 1170. The van der Waals surface area contributed by atoms with E-state index in [1.54, 1.807) is 14.0 Å². The molecule has 0 aromatic heterocycles. The molecule has 1 saturated heterocycles. The highest BCUT2D eigenvalue weighted by atomic mass is 32.2. The maximum Gasteiger partial charge on any atom is 0.417 e. The van der Waals surface area contributed by atoms with Crippen molar-refractivity contribution in [1.82, 2.24) is 15.5 Å². The van der Waals surface area contributed by atoms with Crippen molar-refractivity contribution in [2.75, 3.05) is 13.6 Å². The average molecular weight is 514 g/mol. The van der Waals surface area contributed by atoms with Crippen LogP contribution in [0.5, 0.6) is 0 Å². The molecule has 192 valence electrons. The summed E-state index contributed by atoms with van der Waals surface area (Å²) >= 11 is 0. The summed E-state index contributed by atoms with van der Waals surface area (Å²) in [6.07, 6.45) is -0.831. The minimum Gasteiger partial charge on any atom is -0.336 e. The molecule has 1 aliphatic heterocycles. The molecule has 35 heavy (non-hydrogen) atoms. The van der Waals surface area contributed by atoms with Crippen molar-refractivity contribution in [3.8, 4) is 0 Å². The molecule has 1 unspecified atom stereocenters. The third kappa shape index (κ3) is 4.45. The second-order valence-electron chi connectivity index (χ2n) is 10.8. The number of hydrogen-bond acceptors (Lipinski definition) is 5. The number of carbonyl (C=O) groups is 2. The quantitative estimate of drug-likeness (QED) is 0.547. The molecular weight excluding hydrogens is 483 g/mol. The van der Waals surface area contributed by atoms with Gasteiger partial charge in [0.15, 0.2) is 9.84 Å². The fourth-order valence-corrected chi connectivity index (χ4v) is 6.88. The maximum absolute atomic E-state index is 13.9. The molecule has 11 heteroatoms. The summed E-state index contributed by atoms with van der Waals surface area (Å²) in [5.74, 6) is -0.765. The zero-order valence-electron chi connectivity index (χ0n) is 19.7. The first-order chi connectivity index (χ1) is 16.3. The Kier molecular flexibility index (Phi) is 5.56. The van der Waals surface area contributed by atoms with Crippen molar-refractivity contribution in [3.63, 3.8) is 0 Å². The van der Waals surface area contributed by atoms with E-state index in [2.05, 4.69) is 10.6 Å². The summed E-state index contributed by atoms with van der Waals surface area (Å²) in [6, 6.07) is 2.40.